The summed E-state index contributed by atoms with van der Waals surface area (Å²) in [5.74, 6) is -0.783. The number of benzene rings is 2. The molecule has 0 aliphatic carbocycles. The van der Waals surface area contributed by atoms with Crippen molar-refractivity contribution in [2.45, 2.75) is 19.4 Å². The largest absolute Gasteiger partial charge is 0.426 e. The molecule has 2 aromatic carbocycles. The Morgan fingerprint density at radius 1 is 1.17 bits per heavy atom. The zero-order valence-corrected chi connectivity index (χ0v) is 13.0. The Bertz CT molecular complexity index is 746. The minimum atomic E-state index is -0.599. The third kappa shape index (κ3) is 4.91. The first-order valence-corrected chi connectivity index (χ1v) is 7.23. The number of ether oxygens (including phenoxy) is 1. The van der Waals surface area contributed by atoms with Gasteiger partial charge in [-0.1, -0.05) is 36.4 Å². The van der Waals surface area contributed by atoms with Crippen LogP contribution in [0.25, 0.3) is 0 Å². The first-order chi connectivity index (χ1) is 11.5. The van der Waals surface area contributed by atoms with Crippen LogP contribution < -0.4 is 10.1 Å². The molecule has 0 saturated heterocycles. The molecule has 0 bridgehead atoms. The van der Waals surface area contributed by atoms with Crippen LogP contribution in [0.15, 0.2) is 54.6 Å². The fourth-order valence-corrected chi connectivity index (χ4v) is 2.18. The van der Waals surface area contributed by atoms with E-state index in [1.807, 2.05) is 6.07 Å². The number of amides is 1. The number of nitrogens with one attached hydrogen (secondary N) is 1. The molecule has 0 saturated carbocycles. The lowest BCUT2D eigenvalue weighted by molar-refractivity contribution is -0.384. The fraction of sp³-hybridized carbons (Fsp3) is 0.176. The molecule has 1 amide bonds. The van der Waals surface area contributed by atoms with Crippen molar-refractivity contribution in [1.82, 2.24) is 5.32 Å². The van der Waals surface area contributed by atoms with Crippen molar-refractivity contribution in [3.8, 4) is 5.75 Å². The average Bonchev–Trinajstić information content (AvgIpc) is 2.55. The van der Waals surface area contributed by atoms with Crippen LogP contribution in [0.3, 0.4) is 0 Å². The number of nitro groups is 1. The standard InChI is InChI=1S/C17H16N2O5/c1-12(20)18-16(13-6-3-2-4-7-13)11-17(21)24-15-9-5-8-14(10-15)19(22)23/h2-10,16H,11H2,1H3,(H,18,20)/t16-/m1/s1. The third-order valence-electron chi connectivity index (χ3n) is 3.21. The van der Waals surface area contributed by atoms with E-state index in [9.17, 15) is 19.7 Å². The van der Waals surface area contributed by atoms with Crippen molar-refractivity contribution in [2.75, 3.05) is 0 Å². The molecule has 0 aromatic heterocycles. The zero-order valence-electron chi connectivity index (χ0n) is 13.0. The van der Waals surface area contributed by atoms with Crippen LogP contribution in [0.1, 0.15) is 24.9 Å². The number of non-ortho nitro benzene ring substituents is 1. The van der Waals surface area contributed by atoms with E-state index >= 15 is 0 Å². The van der Waals surface area contributed by atoms with E-state index in [1.165, 1.54) is 31.2 Å². The maximum atomic E-state index is 12.1. The molecular formula is C17H16N2O5. The lowest BCUT2D eigenvalue weighted by Gasteiger charge is -2.17. The molecule has 0 heterocycles. The lowest BCUT2D eigenvalue weighted by Crippen LogP contribution is -2.29. The number of esters is 1. The number of carbonyl (C=O) groups excluding carboxylic acids is 2. The summed E-state index contributed by atoms with van der Waals surface area (Å²) in [5, 5.41) is 13.4. The van der Waals surface area contributed by atoms with Gasteiger partial charge in [-0.2, -0.15) is 0 Å². The minimum Gasteiger partial charge on any atom is -0.426 e. The number of rotatable bonds is 6. The monoisotopic (exact) mass is 328 g/mol. The molecule has 2 rings (SSSR count). The number of nitro benzene ring substituents is 1. The maximum Gasteiger partial charge on any atom is 0.313 e. The fourth-order valence-electron chi connectivity index (χ4n) is 2.18. The van der Waals surface area contributed by atoms with Gasteiger partial charge in [0.05, 0.1) is 23.5 Å². The Morgan fingerprint density at radius 2 is 1.88 bits per heavy atom. The summed E-state index contributed by atoms with van der Waals surface area (Å²) >= 11 is 0. The number of nitrogens with zero attached hydrogens (tertiary/aromatic N) is 1. The van der Waals surface area contributed by atoms with Crippen molar-refractivity contribution in [3.05, 3.63) is 70.3 Å². The topological polar surface area (TPSA) is 98.5 Å². The van der Waals surface area contributed by atoms with Crippen LogP contribution in [-0.2, 0) is 9.59 Å². The predicted octanol–water partition coefficient (Wildman–Crippen LogP) is 2.77. The Kier molecular flexibility index (Phi) is 5.62. The Hall–Kier alpha value is -3.22. The Balaban J connectivity index is 2.09. The summed E-state index contributed by atoms with van der Waals surface area (Å²) in [4.78, 5) is 33.6. The second-order valence-electron chi connectivity index (χ2n) is 5.10. The van der Waals surface area contributed by atoms with Crippen molar-refractivity contribution < 1.29 is 19.2 Å². The van der Waals surface area contributed by atoms with Gasteiger partial charge >= 0.3 is 5.97 Å². The van der Waals surface area contributed by atoms with Crippen LogP contribution >= 0.6 is 0 Å². The van der Waals surface area contributed by atoms with Crippen LogP contribution in [-0.4, -0.2) is 16.8 Å². The van der Waals surface area contributed by atoms with Crippen LogP contribution in [0.5, 0.6) is 5.75 Å². The molecule has 0 fully saturated rings. The molecule has 24 heavy (non-hydrogen) atoms. The van der Waals surface area contributed by atoms with Crippen LogP contribution in [0.2, 0.25) is 0 Å². The maximum absolute atomic E-state index is 12.1. The third-order valence-corrected chi connectivity index (χ3v) is 3.21. The van der Waals surface area contributed by atoms with E-state index in [0.29, 0.717) is 0 Å². The van der Waals surface area contributed by atoms with E-state index in [-0.39, 0.29) is 23.8 Å². The van der Waals surface area contributed by atoms with E-state index in [4.69, 9.17) is 4.74 Å². The molecule has 0 spiro atoms. The number of hydrogen-bond acceptors (Lipinski definition) is 5. The van der Waals surface area contributed by atoms with Gasteiger partial charge in [-0.15, -0.1) is 0 Å². The minimum absolute atomic E-state index is 0.0869. The first kappa shape index (κ1) is 17.1. The SMILES string of the molecule is CC(=O)N[C@H](CC(=O)Oc1cccc([N+](=O)[O-])c1)c1ccccc1. The molecule has 1 atom stereocenters. The Labute approximate surface area is 138 Å². The van der Waals surface area contributed by atoms with Crippen molar-refractivity contribution in [1.29, 1.82) is 0 Å². The summed E-state index contributed by atoms with van der Waals surface area (Å²) in [6.07, 6.45) is -0.0910. The molecule has 7 nitrogen and oxygen atoms in total. The molecular weight excluding hydrogens is 312 g/mol. The van der Waals surface area contributed by atoms with E-state index < -0.39 is 16.9 Å². The summed E-state index contributed by atoms with van der Waals surface area (Å²) in [7, 11) is 0. The lowest BCUT2D eigenvalue weighted by atomic mass is 10.0. The molecule has 124 valence electrons. The van der Waals surface area contributed by atoms with Gasteiger partial charge in [0.2, 0.25) is 5.91 Å². The summed E-state index contributed by atoms with van der Waals surface area (Å²) < 4.78 is 5.14. The van der Waals surface area contributed by atoms with Gasteiger partial charge in [0.1, 0.15) is 5.75 Å². The smallest absolute Gasteiger partial charge is 0.313 e. The number of hydrogen-bond donors (Lipinski definition) is 1. The van der Waals surface area contributed by atoms with Crippen LogP contribution in [0, 0.1) is 10.1 Å². The van der Waals surface area contributed by atoms with Gasteiger partial charge in [0, 0.05) is 13.0 Å². The summed E-state index contributed by atoms with van der Waals surface area (Å²) in [6, 6.07) is 13.9. The van der Waals surface area contributed by atoms with Gasteiger partial charge in [-0.25, -0.2) is 0 Å². The van der Waals surface area contributed by atoms with Gasteiger partial charge in [0.15, 0.2) is 0 Å². The highest BCUT2D eigenvalue weighted by atomic mass is 16.6. The zero-order chi connectivity index (χ0) is 17.5. The van der Waals surface area contributed by atoms with E-state index in [2.05, 4.69) is 5.32 Å². The molecule has 0 aliphatic rings. The highest BCUT2D eigenvalue weighted by Crippen LogP contribution is 2.22. The molecule has 7 heteroatoms. The molecule has 0 aliphatic heterocycles. The van der Waals surface area contributed by atoms with Gasteiger partial charge in [-0.3, -0.25) is 19.7 Å². The normalized spacial score (nSPS) is 11.4. The summed E-state index contributed by atoms with van der Waals surface area (Å²) in [6.45, 7) is 1.36. The summed E-state index contributed by atoms with van der Waals surface area (Å²) in [5.41, 5.74) is 0.602. The molecule has 0 unspecified atom stereocenters. The van der Waals surface area contributed by atoms with Crippen LogP contribution in [0.4, 0.5) is 5.69 Å². The number of carbonyl (C=O) groups is 2. The molecule has 1 N–H and O–H groups in total. The molecule has 2 aromatic rings. The van der Waals surface area contributed by atoms with Crippen molar-refractivity contribution >= 4 is 17.6 Å². The second kappa shape index (κ2) is 7.87. The van der Waals surface area contributed by atoms with Gasteiger partial charge in [-0.05, 0) is 11.6 Å². The van der Waals surface area contributed by atoms with E-state index in [1.54, 1.807) is 24.3 Å². The van der Waals surface area contributed by atoms with Crippen molar-refractivity contribution in [2.24, 2.45) is 0 Å². The molecule has 0 radical (unpaired) electrons. The average molecular weight is 328 g/mol. The van der Waals surface area contributed by atoms with Gasteiger partial charge < -0.3 is 10.1 Å². The Morgan fingerprint density at radius 3 is 2.50 bits per heavy atom. The first-order valence-electron chi connectivity index (χ1n) is 7.23. The highest BCUT2D eigenvalue weighted by Gasteiger charge is 2.19. The quantitative estimate of drug-likeness (QED) is 0.380. The second-order valence-corrected chi connectivity index (χ2v) is 5.10. The predicted molar refractivity (Wildman–Crippen MR) is 86.3 cm³/mol. The van der Waals surface area contributed by atoms with E-state index in [0.717, 1.165) is 5.56 Å². The highest BCUT2D eigenvalue weighted by molar-refractivity contribution is 5.77. The van der Waals surface area contributed by atoms with Crippen molar-refractivity contribution in [3.63, 3.8) is 0 Å². The van der Waals surface area contributed by atoms with Gasteiger partial charge in [0.25, 0.3) is 5.69 Å².